The number of ether oxygens (including phenoxy) is 1. The zero-order chi connectivity index (χ0) is 18.7. The number of nitrogens with zero attached hydrogens (tertiary/aromatic N) is 2. The first-order valence-electron chi connectivity index (χ1n) is 9.18. The Morgan fingerprint density at radius 1 is 1.15 bits per heavy atom. The monoisotopic (exact) mass is 365 g/mol. The summed E-state index contributed by atoms with van der Waals surface area (Å²) < 4.78 is 5.20. The topological polar surface area (TPSA) is 63.2 Å². The van der Waals surface area contributed by atoms with Gasteiger partial charge in [-0.1, -0.05) is 41.6 Å². The van der Waals surface area contributed by atoms with E-state index in [1.807, 2.05) is 47.4 Å². The third kappa shape index (κ3) is 3.74. The van der Waals surface area contributed by atoms with E-state index < -0.39 is 0 Å². The molecule has 2 aliphatic rings. The summed E-state index contributed by atoms with van der Waals surface area (Å²) in [6.07, 6.45) is 2.35. The van der Waals surface area contributed by atoms with Crippen LogP contribution in [0.2, 0.25) is 0 Å². The number of hydrogen-bond acceptors (Lipinski definition) is 4. The van der Waals surface area contributed by atoms with E-state index in [0.717, 1.165) is 42.0 Å². The summed E-state index contributed by atoms with van der Waals surface area (Å²) in [5.41, 5.74) is 2.54. The van der Waals surface area contributed by atoms with Gasteiger partial charge in [-0.2, -0.15) is 0 Å². The Kier molecular flexibility index (Phi) is 4.71. The lowest BCUT2D eigenvalue weighted by atomic mass is 9.85. The van der Waals surface area contributed by atoms with E-state index in [1.54, 1.807) is 7.11 Å². The third-order valence-electron chi connectivity index (χ3n) is 5.23. The molecule has 0 saturated carbocycles. The van der Waals surface area contributed by atoms with Crippen LogP contribution in [-0.4, -0.2) is 42.4 Å². The molecule has 0 atom stereocenters. The molecule has 140 valence electrons. The summed E-state index contributed by atoms with van der Waals surface area (Å²) in [6, 6.07) is 17.4. The molecule has 27 heavy (non-hydrogen) atoms. The molecule has 0 unspecified atom stereocenters. The minimum atomic E-state index is -0.280. The van der Waals surface area contributed by atoms with Gasteiger partial charge in [-0.25, -0.2) is 4.79 Å². The molecule has 6 heteroatoms. The lowest BCUT2D eigenvalue weighted by Gasteiger charge is -2.37. The van der Waals surface area contributed by atoms with E-state index in [0.29, 0.717) is 13.1 Å². The number of carbonyl (C=O) groups excluding carboxylic acids is 1. The first kappa shape index (κ1) is 17.4. The number of carbonyl (C=O) groups is 1. The third-order valence-corrected chi connectivity index (χ3v) is 5.23. The van der Waals surface area contributed by atoms with Gasteiger partial charge in [0.1, 0.15) is 11.4 Å². The number of likely N-dealkylation sites (tertiary alicyclic amines) is 1. The second-order valence-corrected chi connectivity index (χ2v) is 7.00. The van der Waals surface area contributed by atoms with Crippen LogP contribution in [0.4, 0.5) is 10.5 Å². The van der Waals surface area contributed by atoms with Crippen molar-refractivity contribution in [3.05, 3.63) is 60.2 Å². The van der Waals surface area contributed by atoms with Crippen LogP contribution in [-0.2, 0) is 4.84 Å². The number of anilines is 1. The molecular weight excluding hydrogens is 342 g/mol. The fourth-order valence-corrected chi connectivity index (χ4v) is 3.60. The molecule has 2 aliphatic heterocycles. The molecular formula is C21H23N3O3. The molecule has 0 aliphatic carbocycles. The number of methoxy groups -OCH3 is 1. The maximum Gasteiger partial charge on any atom is 0.321 e. The predicted octanol–water partition coefficient (Wildman–Crippen LogP) is 3.89. The molecule has 1 fully saturated rings. The number of benzene rings is 2. The predicted molar refractivity (Wildman–Crippen MR) is 104 cm³/mol. The molecule has 1 saturated heterocycles. The average molecular weight is 365 g/mol. The highest BCUT2D eigenvalue weighted by molar-refractivity contribution is 6.01. The minimum absolute atomic E-state index is 0.0969. The molecule has 0 radical (unpaired) electrons. The van der Waals surface area contributed by atoms with Gasteiger partial charge in [0, 0.05) is 44.1 Å². The summed E-state index contributed by atoms with van der Waals surface area (Å²) in [5, 5.41) is 7.26. The summed E-state index contributed by atoms with van der Waals surface area (Å²) in [6.45, 7) is 1.29. The smallest absolute Gasteiger partial charge is 0.321 e. The van der Waals surface area contributed by atoms with Crippen molar-refractivity contribution in [2.45, 2.75) is 24.9 Å². The highest BCUT2D eigenvalue weighted by Crippen LogP contribution is 2.36. The maximum absolute atomic E-state index is 12.6. The molecule has 1 N–H and O–H groups in total. The zero-order valence-corrected chi connectivity index (χ0v) is 15.4. The van der Waals surface area contributed by atoms with Crippen LogP contribution in [0.15, 0.2) is 59.8 Å². The van der Waals surface area contributed by atoms with Crippen molar-refractivity contribution in [3.63, 3.8) is 0 Å². The van der Waals surface area contributed by atoms with Crippen LogP contribution < -0.4 is 10.1 Å². The number of rotatable bonds is 3. The van der Waals surface area contributed by atoms with Crippen LogP contribution in [0.1, 0.15) is 24.8 Å². The van der Waals surface area contributed by atoms with Gasteiger partial charge in [0.15, 0.2) is 0 Å². The fourth-order valence-electron chi connectivity index (χ4n) is 3.60. The molecule has 4 rings (SSSR count). The number of amides is 2. The highest BCUT2D eigenvalue weighted by Gasteiger charge is 2.43. The van der Waals surface area contributed by atoms with Gasteiger partial charge >= 0.3 is 6.03 Å². The summed E-state index contributed by atoms with van der Waals surface area (Å²) in [7, 11) is 1.61. The van der Waals surface area contributed by atoms with E-state index in [-0.39, 0.29) is 11.6 Å². The molecule has 2 aromatic rings. The zero-order valence-electron chi connectivity index (χ0n) is 15.4. The maximum atomic E-state index is 12.6. The number of hydrogen-bond donors (Lipinski definition) is 1. The molecule has 0 aromatic heterocycles. The van der Waals surface area contributed by atoms with Crippen molar-refractivity contribution in [3.8, 4) is 5.75 Å². The molecule has 6 nitrogen and oxygen atoms in total. The van der Waals surface area contributed by atoms with Crippen LogP contribution in [0, 0.1) is 0 Å². The van der Waals surface area contributed by atoms with E-state index in [2.05, 4.69) is 22.6 Å². The lowest BCUT2D eigenvalue weighted by Crippen LogP contribution is -2.48. The SMILES string of the molecule is COc1cccc(NC(=O)N2CCC3(CC2)CC(c2ccccc2)=NO3)c1. The molecule has 2 heterocycles. The first-order valence-corrected chi connectivity index (χ1v) is 9.18. The van der Waals surface area contributed by atoms with Crippen molar-refractivity contribution in [1.29, 1.82) is 0 Å². The van der Waals surface area contributed by atoms with Crippen molar-refractivity contribution >= 4 is 17.4 Å². The Morgan fingerprint density at radius 2 is 1.93 bits per heavy atom. The Labute approximate surface area is 158 Å². The van der Waals surface area contributed by atoms with E-state index in [1.165, 1.54) is 0 Å². The summed E-state index contributed by atoms with van der Waals surface area (Å²) in [5.74, 6) is 0.718. The van der Waals surface area contributed by atoms with Crippen LogP contribution in [0.25, 0.3) is 0 Å². The van der Waals surface area contributed by atoms with Gasteiger partial charge in [-0.3, -0.25) is 0 Å². The van der Waals surface area contributed by atoms with Crippen LogP contribution >= 0.6 is 0 Å². The van der Waals surface area contributed by atoms with Crippen molar-refractivity contribution in [2.24, 2.45) is 5.16 Å². The van der Waals surface area contributed by atoms with Crippen LogP contribution in [0.5, 0.6) is 5.75 Å². The van der Waals surface area contributed by atoms with Crippen molar-refractivity contribution < 1.29 is 14.4 Å². The second kappa shape index (κ2) is 7.31. The average Bonchev–Trinajstić information content (AvgIpc) is 3.13. The fraction of sp³-hybridized carbons (Fsp3) is 0.333. The van der Waals surface area contributed by atoms with E-state index >= 15 is 0 Å². The first-order chi connectivity index (χ1) is 13.2. The van der Waals surface area contributed by atoms with Crippen LogP contribution in [0.3, 0.4) is 0 Å². The van der Waals surface area contributed by atoms with Crippen molar-refractivity contribution in [2.75, 3.05) is 25.5 Å². The number of urea groups is 1. The molecule has 0 bridgehead atoms. The van der Waals surface area contributed by atoms with E-state index in [9.17, 15) is 4.79 Å². The Morgan fingerprint density at radius 3 is 2.67 bits per heavy atom. The second-order valence-electron chi connectivity index (χ2n) is 7.00. The lowest BCUT2D eigenvalue weighted by molar-refractivity contribution is -0.0544. The van der Waals surface area contributed by atoms with Gasteiger partial charge in [-0.15, -0.1) is 0 Å². The van der Waals surface area contributed by atoms with Gasteiger partial charge in [-0.05, 0) is 17.7 Å². The van der Waals surface area contributed by atoms with Gasteiger partial charge < -0.3 is 19.8 Å². The quantitative estimate of drug-likeness (QED) is 0.898. The highest BCUT2D eigenvalue weighted by atomic mass is 16.7. The normalized spacial score (nSPS) is 18.0. The Balaban J connectivity index is 1.33. The molecule has 2 aromatic carbocycles. The standard InChI is InChI=1S/C21H23N3O3/c1-26-18-9-5-8-17(14-18)22-20(25)24-12-10-21(11-13-24)15-19(23-27-21)16-6-3-2-4-7-16/h2-9,14H,10-13,15H2,1H3,(H,22,25). The molecule has 2 amide bonds. The minimum Gasteiger partial charge on any atom is -0.497 e. The number of oxime groups is 1. The Bertz CT molecular complexity index is 843. The van der Waals surface area contributed by atoms with E-state index in [4.69, 9.17) is 9.57 Å². The van der Waals surface area contributed by atoms with Gasteiger partial charge in [0.25, 0.3) is 0 Å². The largest absolute Gasteiger partial charge is 0.497 e. The Hall–Kier alpha value is -3.02. The van der Waals surface area contributed by atoms with Gasteiger partial charge in [0.05, 0.1) is 12.8 Å². The number of nitrogens with one attached hydrogen (secondary N) is 1. The molecule has 1 spiro atoms. The summed E-state index contributed by atoms with van der Waals surface area (Å²) in [4.78, 5) is 20.2. The summed E-state index contributed by atoms with van der Waals surface area (Å²) >= 11 is 0. The van der Waals surface area contributed by atoms with Gasteiger partial charge in [0.2, 0.25) is 0 Å². The van der Waals surface area contributed by atoms with Crippen molar-refractivity contribution in [1.82, 2.24) is 4.90 Å². The number of piperidine rings is 1.